The maximum absolute atomic E-state index is 12.3. The number of aliphatic hydroxyl groups excluding tert-OH is 1. The first-order chi connectivity index (χ1) is 12.2. The van der Waals surface area contributed by atoms with Gasteiger partial charge < -0.3 is 24.5 Å². The standard InChI is InChI=1S/C19H24N2O4/c1-24-17-4-2-3-14(11-17)18(12-22)20-16-5-8-21(9-6-16)19(23)15-7-10-25-13-15/h2-4,7,10-11,13,16,18,20,22H,5-6,8-9,12H2,1H3. The van der Waals surface area contributed by atoms with E-state index in [-0.39, 0.29) is 24.6 Å². The van der Waals surface area contributed by atoms with Crippen LogP contribution in [0.3, 0.4) is 0 Å². The third-order valence-electron chi connectivity index (χ3n) is 4.67. The van der Waals surface area contributed by atoms with Gasteiger partial charge in [-0.15, -0.1) is 0 Å². The highest BCUT2D eigenvalue weighted by atomic mass is 16.5. The molecule has 6 nitrogen and oxygen atoms in total. The quantitative estimate of drug-likeness (QED) is 0.840. The Kier molecular flexibility index (Phi) is 5.73. The molecule has 1 atom stereocenters. The van der Waals surface area contributed by atoms with E-state index >= 15 is 0 Å². The Morgan fingerprint density at radius 3 is 2.84 bits per heavy atom. The van der Waals surface area contributed by atoms with Gasteiger partial charge in [-0.1, -0.05) is 12.1 Å². The van der Waals surface area contributed by atoms with E-state index in [1.54, 1.807) is 13.2 Å². The summed E-state index contributed by atoms with van der Waals surface area (Å²) in [6.45, 7) is 1.40. The van der Waals surface area contributed by atoms with Crippen molar-refractivity contribution in [3.8, 4) is 5.75 Å². The van der Waals surface area contributed by atoms with Crippen LogP contribution in [0.2, 0.25) is 0 Å². The number of piperidine rings is 1. The van der Waals surface area contributed by atoms with E-state index in [1.807, 2.05) is 29.2 Å². The highest BCUT2D eigenvalue weighted by molar-refractivity contribution is 5.93. The summed E-state index contributed by atoms with van der Waals surface area (Å²) in [7, 11) is 1.63. The Hall–Kier alpha value is -2.31. The predicted octanol–water partition coefficient (Wildman–Crippen LogP) is 2.22. The minimum atomic E-state index is -0.142. The number of hydrogen-bond acceptors (Lipinski definition) is 5. The molecule has 1 saturated heterocycles. The number of carbonyl (C=O) groups excluding carboxylic acids is 1. The summed E-state index contributed by atoms with van der Waals surface area (Å²) >= 11 is 0. The van der Waals surface area contributed by atoms with Crippen molar-refractivity contribution in [3.63, 3.8) is 0 Å². The molecule has 134 valence electrons. The molecule has 1 amide bonds. The van der Waals surface area contributed by atoms with Crippen LogP contribution in [0.5, 0.6) is 5.75 Å². The van der Waals surface area contributed by atoms with Gasteiger partial charge in [0.25, 0.3) is 5.91 Å². The van der Waals surface area contributed by atoms with Crippen molar-refractivity contribution < 1.29 is 19.1 Å². The first-order valence-corrected chi connectivity index (χ1v) is 8.53. The van der Waals surface area contributed by atoms with E-state index in [0.29, 0.717) is 18.7 Å². The minimum Gasteiger partial charge on any atom is -0.497 e. The summed E-state index contributed by atoms with van der Waals surface area (Å²) in [5.74, 6) is 0.789. The van der Waals surface area contributed by atoms with Gasteiger partial charge >= 0.3 is 0 Å². The topological polar surface area (TPSA) is 74.9 Å². The average molecular weight is 344 g/mol. The molecule has 0 aliphatic carbocycles. The van der Waals surface area contributed by atoms with Crippen molar-refractivity contribution in [2.24, 2.45) is 0 Å². The third-order valence-corrected chi connectivity index (χ3v) is 4.67. The fourth-order valence-corrected chi connectivity index (χ4v) is 3.22. The second-order valence-electron chi connectivity index (χ2n) is 6.26. The molecule has 1 aromatic heterocycles. The lowest BCUT2D eigenvalue weighted by molar-refractivity contribution is 0.0696. The first-order valence-electron chi connectivity index (χ1n) is 8.53. The molecule has 0 bridgehead atoms. The Morgan fingerprint density at radius 2 is 2.20 bits per heavy atom. The van der Waals surface area contributed by atoms with E-state index in [1.165, 1.54) is 12.5 Å². The summed E-state index contributed by atoms with van der Waals surface area (Å²) in [4.78, 5) is 14.2. The minimum absolute atomic E-state index is 0.0127. The molecule has 0 radical (unpaired) electrons. The summed E-state index contributed by atoms with van der Waals surface area (Å²) in [5, 5.41) is 13.3. The molecule has 1 fully saturated rings. The number of furan rings is 1. The predicted molar refractivity (Wildman–Crippen MR) is 93.6 cm³/mol. The van der Waals surface area contributed by atoms with Crippen LogP contribution in [0.4, 0.5) is 0 Å². The van der Waals surface area contributed by atoms with Crippen LogP contribution in [0.25, 0.3) is 0 Å². The zero-order valence-electron chi connectivity index (χ0n) is 14.4. The molecule has 0 spiro atoms. The molecule has 1 aromatic carbocycles. The largest absolute Gasteiger partial charge is 0.497 e. The molecular weight excluding hydrogens is 320 g/mol. The van der Waals surface area contributed by atoms with Gasteiger partial charge in [0, 0.05) is 19.1 Å². The zero-order valence-corrected chi connectivity index (χ0v) is 14.4. The molecule has 2 heterocycles. The maximum Gasteiger partial charge on any atom is 0.257 e. The van der Waals surface area contributed by atoms with E-state index in [0.717, 1.165) is 24.2 Å². The van der Waals surface area contributed by atoms with Crippen LogP contribution in [-0.2, 0) is 0 Å². The summed E-state index contributed by atoms with van der Waals surface area (Å²) in [6, 6.07) is 9.53. The van der Waals surface area contributed by atoms with Crippen LogP contribution in [-0.4, -0.2) is 48.8 Å². The van der Waals surface area contributed by atoms with Gasteiger partial charge in [-0.3, -0.25) is 4.79 Å². The molecule has 25 heavy (non-hydrogen) atoms. The normalized spacial score (nSPS) is 16.6. The molecule has 3 rings (SSSR count). The monoisotopic (exact) mass is 344 g/mol. The van der Waals surface area contributed by atoms with E-state index in [4.69, 9.17) is 9.15 Å². The van der Waals surface area contributed by atoms with Crippen LogP contribution in [0, 0.1) is 0 Å². The number of likely N-dealkylation sites (tertiary alicyclic amines) is 1. The number of aliphatic hydroxyl groups is 1. The molecule has 1 aliphatic heterocycles. The second-order valence-corrected chi connectivity index (χ2v) is 6.26. The van der Waals surface area contributed by atoms with Crippen molar-refractivity contribution >= 4 is 5.91 Å². The average Bonchev–Trinajstić information content (AvgIpc) is 3.21. The first kappa shape index (κ1) is 17.5. The SMILES string of the molecule is COc1cccc(C(CO)NC2CCN(C(=O)c3ccoc3)CC2)c1. The van der Waals surface area contributed by atoms with Gasteiger partial charge in [0.1, 0.15) is 12.0 Å². The maximum atomic E-state index is 12.3. The van der Waals surface area contributed by atoms with Crippen molar-refractivity contribution in [3.05, 3.63) is 54.0 Å². The Morgan fingerprint density at radius 1 is 1.40 bits per heavy atom. The number of hydrogen-bond donors (Lipinski definition) is 2. The van der Waals surface area contributed by atoms with E-state index < -0.39 is 0 Å². The highest BCUT2D eigenvalue weighted by Gasteiger charge is 2.26. The lowest BCUT2D eigenvalue weighted by Crippen LogP contribution is -2.46. The van der Waals surface area contributed by atoms with Crippen molar-refractivity contribution in [2.45, 2.75) is 24.9 Å². The number of ether oxygens (including phenoxy) is 1. The van der Waals surface area contributed by atoms with Gasteiger partial charge in [-0.05, 0) is 36.6 Å². The summed E-state index contributed by atoms with van der Waals surface area (Å²) in [6.07, 6.45) is 4.70. The number of amides is 1. The van der Waals surface area contributed by atoms with Crippen molar-refractivity contribution in [1.82, 2.24) is 10.2 Å². The van der Waals surface area contributed by atoms with Crippen molar-refractivity contribution in [2.75, 3.05) is 26.8 Å². The molecule has 2 aromatic rings. The number of methoxy groups -OCH3 is 1. The van der Waals surface area contributed by atoms with E-state index in [9.17, 15) is 9.90 Å². The van der Waals surface area contributed by atoms with Gasteiger partial charge in [0.05, 0.1) is 31.6 Å². The fourth-order valence-electron chi connectivity index (χ4n) is 3.22. The van der Waals surface area contributed by atoms with Crippen molar-refractivity contribution in [1.29, 1.82) is 0 Å². The number of nitrogens with zero attached hydrogens (tertiary/aromatic N) is 1. The summed E-state index contributed by atoms with van der Waals surface area (Å²) in [5.41, 5.74) is 1.59. The Bertz CT molecular complexity index is 678. The molecule has 1 aliphatic rings. The van der Waals surface area contributed by atoms with Gasteiger partial charge in [-0.25, -0.2) is 0 Å². The van der Waals surface area contributed by atoms with Crippen LogP contribution < -0.4 is 10.1 Å². The Labute approximate surface area is 147 Å². The van der Waals surface area contributed by atoms with Crippen LogP contribution in [0.1, 0.15) is 34.8 Å². The fraction of sp³-hybridized carbons (Fsp3) is 0.421. The lowest BCUT2D eigenvalue weighted by atomic mass is 10.0. The Balaban J connectivity index is 1.56. The third kappa shape index (κ3) is 4.21. The number of benzene rings is 1. The second kappa shape index (κ2) is 8.18. The van der Waals surface area contributed by atoms with Crippen LogP contribution in [0.15, 0.2) is 47.3 Å². The molecular formula is C19H24N2O4. The molecule has 1 unspecified atom stereocenters. The smallest absolute Gasteiger partial charge is 0.257 e. The molecule has 0 saturated carbocycles. The van der Waals surface area contributed by atoms with Gasteiger partial charge in [-0.2, -0.15) is 0 Å². The highest BCUT2D eigenvalue weighted by Crippen LogP contribution is 2.22. The number of carbonyl (C=O) groups is 1. The van der Waals surface area contributed by atoms with Gasteiger partial charge in [0.15, 0.2) is 0 Å². The lowest BCUT2D eigenvalue weighted by Gasteiger charge is -2.34. The summed E-state index contributed by atoms with van der Waals surface area (Å²) < 4.78 is 10.2. The molecule has 6 heteroatoms. The number of rotatable bonds is 6. The van der Waals surface area contributed by atoms with E-state index in [2.05, 4.69) is 5.32 Å². The zero-order chi connectivity index (χ0) is 17.6. The number of nitrogens with one attached hydrogen (secondary N) is 1. The van der Waals surface area contributed by atoms with Gasteiger partial charge in [0.2, 0.25) is 0 Å². The van der Waals surface area contributed by atoms with Crippen LogP contribution >= 0.6 is 0 Å². The molecule has 2 N–H and O–H groups in total.